The van der Waals surface area contributed by atoms with Crippen LogP contribution in [0.15, 0.2) is 22.7 Å². The van der Waals surface area contributed by atoms with E-state index in [1.807, 2.05) is 0 Å². The van der Waals surface area contributed by atoms with Gasteiger partial charge < -0.3 is 0 Å². The number of hydrogen-bond acceptors (Lipinski definition) is 2. The highest BCUT2D eigenvalue weighted by atomic mass is 79.9. The fourth-order valence-corrected chi connectivity index (χ4v) is 1.50. The summed E-state index contributed by atoms with van der Waals surface area (Å²) in [4.78, 5) is 10.1. The van der Waals surface area contributed by atoms with Gasteiger partial charge in [-0.2, -0.15) is 0 Å². The van der Waals surface area contributed by atoms with Crippen LogP contribution in [0.4, 0.5) is 5.69 Å². The molecule has 0 radical (unpaired) electrons. The number of nitro groups is 1. The van der Waals surface area contributed by atoms with Gasteiger partial charge in [-0.3, -0.25) is 10.1 Å². The van der Waals surface area contributed by atoms with E-state index in [9.17, 15) is 10.1 Å². The van der Waals surface area contributed by atoms with Crippen LogP contribution in [-0.4, -0.2) is 4.92 Å². The summed E-state index contributed by atoms with van der Waals surface area (Å²) in [5, 5.41) is 10.5. The Morgan fingerprint density at radius 1 is 1.62 bits per heavy atom. The van der Waals surface area contributed by atoms with Crippen LogP contribution in [0, 0.1) is 22.5 Å². The number of nitro benzene ring substituents is 1. The third kappa shape index (κ3) is 2.07. The molecule has 0 saturated heterocycles. The predicted octanol–water partition coefficient (Wildman–Crippen LogP) is 2.53. The molecule has 0 spiro atoms. The van der Waals surface area contributed by atoms with Crippen LogP contribution < -0.4 is 0 Å². The van der Waals surface area contributed by atoms with Crippen molar-refractivity contribution in [1.82, 2.24) is 0 Å². The number of halogens is 1. The number of benzene rings is 1. The molecule has 1 aromatic carbocycles. The van der Waals surface area contributed by atoms with Crippen molar-refractivity contribution >= 4 is 21.6 Å². The molecule has 0 aliphatic rings. The van der Waals surface area contributed by atoms with Crippen molar-refractivity contribution in [1.29, 1.82) is 0 Å². The summed E-state index contributed by atoms with van der Waals surface area (Å²) in [7, 11) is 0. The van der Waals surface area contributed by atoms with Crippen LogP contribution in [0.3, 0.4) is 0 Å². The highest BCUT2D eigenvalue weighted by Gasteiger charge is 2.13. The third-order valence-corrected chi connectivity index (χ3v) is 2.46. The van der Waals surface area contributed by atoms with Crippen LogP contribution in [0.25, 0.3) is 0 Å². The van der Waals surface area contributed by atoms with Crippen molar-refractivity contribution in [2.45, 2.75) is 6.42 Å². The average molecular weight is 240 g/mol. The molecule has 0 aromatic heterocycles. The molecule has 0 N–H and O–H groups in total. The smallest absolute Gasteiger partial charge is 0.258 e. The zero-order valence-corrected chi connectivity index (χ0v) is 8.24. The molecule has 0 amide bonds. The first kappa shape index (κ1) is 9.75. The van der Waals surface area contributed by atoms with Gasteiger partial charge in [-0.25, -0.2) is 0 Å². The molecule has 0 unspecified atom stereocenters. The number of rotatable bonds is 2. The Morgan fingerprint density at radius 2 is 2.31 bits per heavy atom. The normalized spacial score (nSPS) is 9.23. The summed E-state index contributed by atoms with van der Waals surface area (Å²) in [6, 6.07) is 4.82. The average Bonchev–Trinajstić information content (AvgIpc) is 2.08. The van der Waals surface area contributed by atoms with Crippen LogP contribution in [0.5, 0.6) is 0 Å². The minimum Gasteiger partial charge on any atom is -0.258 e. The van der Waals surface area contributed by atoms with E-state index in [0.29, 0.717) is 10.9 Å². The van der Waals surface area contributed by atoms with Crippen molar-refractivity contribution in [2.24, 2.45) is 0 Å². The first-order chi connectivity index (χ1) is 6.16. The van der Waals surface area contributed by atoms with Crippen LogP contribution >= 0.6 is 15.9 Å². The summed E-state index contributed by atoms with van der Waals surface area (Å²) in [5.74, 6) is 2.44. The first-order valence-electron chi connectivity index (χ1n) is 3.52. The molecule has 13 heavy (non-hydrogen) atoms. The Morgan fingerprint density at radius 3 is 2.85 bits per heavy atom. The van der Waals surface area contributed by atoms with Gasteiger partial charge in [0.1, 0.15) is 0 Å². The molecule has 0 bridgehead atoms. The van der Waals surface area contributed by atoms with Crippen molar-refractivity contribution < 1.29 is 4.92 Å². The molecule has 4 heteroatoms. The van der Waals surface area contributed by atoms with Crippen molar-refractivity contribution in [3.8, 4) is 12.3 Å². The van der Waals surface area contributed by atoms with Gasteiger partial charge >= 0.3 is 0 Å². The Kier molecular flexibility index (Phi) is 3.04. The number of nitrogens with zero attached hydrogens (tertiary/aromatic N) is 1. The van der Waals surface area contributed by atoms with E-state index >= 15 is 0 Å². The van der Waals surface area contributed by atoms with Gasteiger partial charge in [-0.05, 0) is 21.5 Å². The summed E-state index contributed by atoms with van der Waals surface area (Å²) in [5.41, 5.74) is 0.810. The van der Waals surface area contributed by atoms with E-state index in [0.717, 1.165) is 5.56 Å². The molecule has 1 aromatic rings. The van der Waals surface area contributed by atoms with E-state index in [1.54, 1.807) is 12.1 Å². The molecule has 0 saturated carbocycles. The SMILES string of the molecule is C#CCc1cccc([N+](=O)[O-])c1Br. The summed E-state index contributed by atoms with van der Waals surface area (Å²) < 4.78 is 0.470. The molecular weight excluding hydrogens is 234 g/mol. The lowest BCUT2D eigenvalue weighted by molar-refractivity contribution is -0.385. The second kappa shape index (κ2) is 4.06. The third-order valence-electron chi connectivity index (χ3n) is 1.55. The molecule has 0 fully saturated rings. The van der Waals surface area contributed by atoms with Gasteiger partial charge in [0.05, 0.1) is 9.40 Å². The largest absolute Gasteiger partial charge is 0.283 e. The quantitative estimate of drug-likeness (QED) is 0.453. The Labute approximate surface area is 84.0 Å². The van der Waals surface area contributed by atoms with Gasteiger partial charge in [0.25, 0.3) is 5.69 Å². The maximum absolute atomic E-state index is 10.5. The molecule has 0 heterocycles. The maximum atomic E-state index is 10.5. The van der Waals surface area contributed by atoms with E-state index in [4.69, 9.17) is 6.42 Å². The minimum absolute atomic E-state index is 0.0488. The summed E-state index contributed by atoms with van der Waals surface area (Å²) in [6.45, 7) is 0. The van der Waals surface area contributed by atoms with Crippen molar-refractivity contribution in [2.75, 3.05) is 0 Å². The topological polar surface area (TPSA) is 43.1 Å². The van der Waals surface area contributed by atoms with E-state index in [-0.39, 0.29) is 5.69 Å². The second-order valence-corrected chi connectivity index (χ2v) is 3.18. The maximum Gasteiger partial charge on any atom is 0.283 e. The molecule has 0 atom stereocenters. The van der Waals surface area contributed by atoms with Gasteiger partial charge in [0, 0.05) is 12.5 Å². The Balaban J connectivity index is 3.20. The molecule has 66 valence electrons. The monoisotopic (exact) mass is 239 g/mol. The standard InChI is InChI=1S/C9H6BrNO2/c1-2-4-7-5-3-6-8(9(7)10)11(12)13/h1,3,5-6H,4H2. The first-order valence-corrected chi connectivity index (χ1v) is 4.31. The molecule has 1 rings (SSSR count). The lowest BCUT2D eigenvalue weighted by Crippen LogP contribution is -1.92. The van der Waals surface area contributed by atoms with E-state index in [2.05, 4.69) is 21.9 Å². The van der Waals surface area contributed by atoms with Crippen molar-refractivity contribution in [3.05, 3.63) is 38.3 Å². The van der Waals surface area contributed by atoms with Gasteiger partial charge in [0.15, 0.2) is 0 Å². The zero-order chi connectivity index (χ0) is 9.84. The molecule has 3 nitrogen and oxygen atoms in total. The van der Waals surface area contributed by atoms with E-state index in [1.165, 1.54) is 6.07 Å². The summed E-state index contributed by atoms with van der Waals surface area (Å²) >= 11 is 3.15. The zero-order valence-electron chi connectivity index (χ0n) is 6.66. The summed E-state index contributed by atoms with van der Waals surface area (Å²) in [6.07, 6.45) is 5.51. The van der Waals surface area contributed by atoms with Gasteiger partial charge in [-0.1, -0.05) is 12.1 Å². The Hall–Kier alpha value is -1.34. The molecule has 0 aliphatic heterocycles. The minimum atomic E-state index is -0.440. The molecule has 0 aliphatic carbocycles. The van der Waals surface area contributed by atoms with Crippen LogP contribution in [-0.2, 0) is 6.42 Å². The fourth-order valence-electron chi connectivity index (χ4n) is 0.954. The Bertz CT molecular complexity index is 382. The van der Waals surface area contributed by atoms with Crippen LogP contribution in [0.2, 0.25) is 0 Å². The predicted molar refractivity (Wildman–Crippen MR) is 53.3 cm³/mol. The number of hydrogen-bond donors (Lipinski definition) is 0. The highest BCUT2D eigenvalue weighted by molar-refractivity contribution is 9.10. The number of terminal acetylenes is 1. The van der Waals surface area contributed by atoms with Gasteiger partial charge in [0.2, 0.25) is 0 Å². The second-order valence-electron chi connectivity index (χ2n) is 2.39. The van der Waals surface area contributed by atoms with E-state index < -0.39 is 4.92 Å². The highest BCUT2D eigenvalue weighted by Crippen LogP contribution is 2.28. The fraction of sp³-hybridized carbons (Fsp3) is 0.111. The lowest BCUT2D eigenvalue weighted by atomic mass is 10.1. The molecular formula is C9H6BrNO2. The van der Waals surface area contributed by atoms with Gasteiger partial charge in [-0.15, -0.1) is 12.3 Å². The van der Waals surface area contributed by atoms with Crippen LogP contribution in [0.1, 0.15) is 5.56 Å². The van der Waals surface area contributed by atoms with Crippen molar-refractivity contribution in [3.63, 3.8) is 0 Å². The lowest BCUT2D eigenvalue weighted by Gasteiger charge is -1.99.